The van der Waals surface area contributed by atoms with Gasteiger partial charge < -0.3 is 15.1 Å². The fraction of sp³-hybridized carbons (Fsp3) is 0.150. The zero-order valence-electron chi connectivity index (χ0n) is 14.7. The lowest BCUT2D eigenvalue weighted by Gasteiger charge is -2.12. The minimum atomic E-state index is -0.462. The van der Waals surface area contributed by atoms with Crippen LogP contribution in [0.1, 0.15) is 13.8 Å². The van der Waals surface area contributed by atoms with Crippen LogP contribution in [0.2, 0.25) is 5.02 Å². The van der Waals surface area contributed by atoms with Crippen molar-refractivity contribution in [1.29, 1.82) is 0 Å². The topological polar surface area (TPSA) is 71.3 Å². The number of nitrogens with one attached hydrogen (secondary N) is 2. The molecule has 3 aromatic rings. The van der Waals surface area contributed by atoms with Gasteiger partial charge in [-0.3, -0.25) is 4.79 Å². The Morgan fingerprint density at radius 3 is 2.56 bits per heavy atom. The van der Waals surface area contributed by atoms with E-state index in [-0.39, 0.29) is 16.9 Å². The van der Waals surface area contributed by atoms with Gasteiger partial charge >= 0.3 is 5.63 Å². The van der Waals surface area contributed by atoms with Gasteiger partial charge in [-0.25, -0.2) is 4.79 Å². The predicted molar refractivity (Wildman–Crippen MR) is 112 cm³/mol. The first-order valence-corrected chi connectivity index (χ1v) is 9.08. The molecule has 5 nitrogen and oxygen atoms in total. The number of hydrogen-bond acceptors (Lipinski definition) is 4. The molecule has 7 heteroatoms. The Morgan fingerprint density at radius 1 is 1.11 bits per heavy atom. The van der Waals surface area contributed by atoms with Crippen molar-refractivity contribution in [2.45, 2.75) is 13.8 Å². The molecule has 0 aliphatic heterocycles. The van der Waals surface area contributed by atoms with Gasteiger partial charge in [0.05, 0.1) is 10.6 Å². The summed E-state index contributed by atoms with van der Waals surface area (Å²) in [6, 6.07) is 14.1. The van der Waals surface area contributed by atoms with Crippen molar-refractivity contribution in [3.8, 4) is 11.1 Å². The largest absolute Gasteiger partial charge is 0.422 e. The Labute approximate surface area is 166 Å². The summed E-state index contributed by atoms with van der Waals surface area (Å²) < 4.78 is 5.37. The molecule has 1 aromatic heterocycles. The molecule has 0 aliphatic carbocycles. The third-order valence-corrected chi connectivity index (χ3v) is 4.44. The smallest absolute Gasteiger partial charge is 0.344 e. The van der Waals surface area contributed by atoms with Crippen molar-refractivity contribution in [2.75, 3.05) is 5.32 Å². The second-order valence-corrected chi connectivity index (χ2v) is 7.09. The van der Waals surface area contributed by atoms with E-state index in [9.17, 15) is 9.59 Å². The molecule has 2 aromatic carbocycles. The zero-order chi connectivity index (χ0) is 19.6. The normalized spacial score (nSPS) is 10.8. The first-order chi connectivity index (χ1) is 12.8. The molecule has 0 radical (unpaired) electrons. The maximum Gasteiger partial charge on any atom is 0.344 e. The highest BCUT2D eigenvalue weighted by molar-refractivity contribution is 7.80. The number of benzene rings is 2. The van der Waals surface area contributed by atoms with Crippen molar-refractivity contribution in [2.24, 2.45) is 5.92 Å². The number of carbonyl (C=O) groups excluding carboxylic acids is 1. The Kier molecular flexibility index (Phi) is 5.58. The third kappa shape index (κ3) is 4.35. The highest BCUT2D eigenvalue weighted by Gasteiger charge is 2.13. The molecule has 138 valence electrons. The van der Waals surface area contributed by atoms with E-state index in [0.717, 1.165) is 5.39 Å². The molecule has 1 amide bonds. The fourth-order valence-electron chi connectivity index (χ4n) is 2.48. The molecule has 0 saturated carbocycles. The Balaban J connectivity index is 1.87. The summed E-state index contributed by atoms with van der Waals surface area (Å²) in [5.74, 6) is -0.355. The fourth-order valence-corrected chi connectivity index (χ4v) is 2.98. The van der Waals surface area contributed by atoms with Crippen LogP contribution in [0.25, 0.3) is 22.1 Å². The SMILES string of the molecule is CC(C)C(=O)NC(=S)Nc1ccc(-c2cc3ccccc3oc2=O)c(Cl)c1. The van der Waals surface area contributed by atoms with Gasteiger partial charge in [0.15, 0.2) is 5.11 Å². The van der Waals surface area contributed by atoms with E-state index in [0.29, 0.717) is 27.4 Å². The first-order valence-electron chi connectivity index (χ1n) is 8.30. The van der Waals surface area contributed by atoms with Crippen molar-refractivity contribution >= 4 is 51.5 Å². The van der Waals surface area contributed by atoms with Gasteiger partial charge in [0.1, 0.15) is 5.58 Å². The molecular weight excluding hydrogens is 384 g/mol. The lowest BCUT2D eigenvalue weighted by molar-refractivity contribution is -0.122. The van der Waals surface area contributed by atoms with Crippen LogP contribution in [0.3, 0.4) is 0 Å². The van der Waals surface area contributed by atoms with E-state index in [1.54, 1.807) is 50.2 Å². The number of thiocarbonyl (C=S) groups is 1. The van der Waals surface area contributed by atoms with Gasteiger partial charge in [0, 0.05) is 22.6 Å². The number of carbonyl (C=O) groups is 1. The minimum Gasteiger partial charge on any atom is -0.422 e. The minimum absolute atomic E-state index is 0.177. The summed E-state index contributed by atoms with van der Waals surface area (Å²) in [4.78, 5) is 24.0. The highest BCUT2D eigenvalue weighted by atomic mass is 35.5. The Hall–Kier alpha value is -2.70. The van der Waals surface area contributed by atoms with Crippen molar-refractivity contribution < 1.29 is 9.21 Å². The van der Waals surface area contributed by atoms with Crippen LogP contribution in [0.5, 0.6) is 0 Å². The molecular formula is C20H17ClN2O3S. The Morgan fingerprint density at radius 2 is 1.85 bits per heavy atom. The summed E-state index contributed by atoms with van der Waals surface area (Å²) in [6.45, 7) is 3.55. The van der Waals surface area contributed by atoms with Crippen LogP contribution in [0, 0.1) is 5.92 Å². The first kappa shape index (κ1) is 19.1. The quantitative estimate of drug-likeness (QED) is 0.497. The molecule has 0 unspecified atom stereocenters. The molecule has 1 heterocycles. The number of para-hydroxylation sites is 1. The van der Waals surface area contributed by atoms with E-state index in [1.807, 2.05) is 12.1 Å². The number of amides is 1. The van der Waals surface area contributed by atoms with E-state index in [1.165, 1.54) is 0 Å². The van der Waals surface area contributed by atoms with E-state index >= 15 is 0 Å². The monoisotopic (exact) mass is 400 g/mol. The van der Waals surface area contributed by atoms with Crippen LogP contribution < -0.4 is 16.3 Å². The average molecular weight is 401 g/mol. The second kappa shape index (κ2) is 7.90. The van der Waals surface area contributed by atoms with E-state index < -0.39 is 5.63 Å². The molecule has 0 saturated heterocycles. The summed E-state index contributed by atoms with van der Waals surface area (Å²) in [5, 5.41) is 6.85. The maximum atomic E-state index is 12.3. The number of anilines is 1. The number of fused-ring (bicyclic) bond motifs is 1. The number of hydrogen-bond donors (Lipinski definition) is 2. The average Bonchev–Trinajstić information content (AvgIpc) is 2.61. The maximum absolute atomic E-state index is 12.3. The van der Waals surface area contributed by atoms with Crippen molar-refractivity contribution in [3.05, 3.63) is 64.0 Å². The molecule has 0 bridgehead atoms. The molecule has 0 spiro atoms. The van der Waals surface area contributed by atoms with Crippen LogP contribution >= 0.6 is 23.8 Å². The lowest BCUT2D eigenvalue weighted by Crippen LogP contribution is -2.36. The van der Waals surface area contributed by atoms with Gasteiger partial charge in [-0.05, 0) is 36.5 Å². The molecule has 3 rings (SSSR count). The predicted octanol–water partition coefficient (Wildman–Crippen LogP) is 4.58. The molecule has 0 aliphatic rings. The van der Waals surface area contributed by atoms with Crippen LogP contribution in [-0.4, -0.2) is 11.0 Å². The van der Waals surface area contributed by atoms with Gasteiger partial charge in [-0.2, -0.15) is 0 Å². The van der Waals surface area contributed by atoms with E-state index in [4.69, 9.17) is 28.2 Å². The molecule has 0 atom stereocenters. The van der Waals surface area contributed by atoms with Gasteiger partial charge in [0.2, 0.25) is 5.91 Å². The summed E-state index contributed by atoms with van der Waals surface area (Å²) >= 11 is 11.5. The summed E-state index contributed by atoms with van der Waals surface area (Å²) in [7, 11) is 0. The van der Waals surface area contributed by atoms with Crippen molar-refractivity contribution in [1.82, 2.24) is 5.32 Å². The zero-order valence-corrected chi connectivity index (χ0v) is 16.3. The molecule has 0 fully saturated rings. The molecule has 2 N–H and O–H groups in total. The van der Waals surface area contributed by atoms with Gasteiger partial charge in [-0.15, -0.1) is 0 Å². The number of rotatable bonds is 3. The molecule has 27 heavy (non-hydrogen) atoms. The van der Waals surface area contributed by atoms with Crippen LogP contribution in [0.4, 0.5) is 5.69 Å². The highest BCUT2D eigenvalue weighted by Crippen LogP contribution is 2.30. The number of halogens is 1. The van der Waals surface area contributed by atoms with Crippen molar-refractivity contribution in [3.63, 3.8) is 0 Å². The summed E-state index contributed by atoms with van der Waals surface area (Å²) in [5.41, 5.74) is 1.59. The van der Waals surface area contributed by atoms with Crippen LogP contribution in [0.15, 0.2) is 57.7 Å². The van der Waals surface area contributed by atoms with Gasteiger partial charge in [0.25, 0.3) is 0 Å². The standard InChI is InChI=1S/C20H17ClN2O3S/c1-11(2)18(24)23-20(27)22-13-7-8-14(16(21)10-13)15-9-12-5-3-4-6-17(12)26-19(15)25/h3-11H,1-2H3,(H2,22,23,24,27). The Bertz CT molecular complexity index is 1090. The summed E-state index contributed by atoms with van der Waals surface area (Å²) in [6.07, 6.45) is 0. The lowest BCUT2D eigenvalue weighted by atomic mass is 10.1. The third-order valence-electron chi connectivity index (χ3n) is 3.92. The van der Waals surface area contributed by atoms with E-state index in [2.05, 4.69) is 10.6 Å². The second-order valence-electron chi connectivity index (χ2n) is 6.28. The van der Waals surface area contributed by atoms with Crippen LogP contribution in [-0.2, 0) is 4.79 Å². The van der Waals surface area contributed by atoms with Gasteiger partial charge in [-0.1, -0.05) is 49.7 Å².